The number of nitrogens with one attached hydrogen (secondary N) is 2. The van der Waals surface area contributed by atoms with Gasteiger partial charge in [0.05, 0.1) is 19.7 Å². The number of nitrogens with zero attached hydrogens (tertiary/aromatic N) is 2. The van der Waals surface area contributed by atoms with Crippen molar-refractivity contribution in [3.8, 4) is 5.75 Å². The molecule has 1 fully saturated rings. The van der Waals surface area contributed by atoms with Gasteiger partial charge in [-0.3, -0.25) is 9.89 Å². The van der Waals surface area contributed by atoms with E-state index in [9.17, 15) is 0 Å². The van der Waals surface area contributed by atoms with Crippen LogP contribution < -0.4 is 15.4 Å². The van der Waals surface area contributed by atoms with Gasteiger partial charge < -0.3 is 15.4 Å². The Morgan fingerprint density at radius 3 is 2.38 bits per heavy atom. The van der Waals surface area contributed by atoms with Crippen LogP contribution in [0.3, 0.4) is 0 Å². The third-order valence-electron chi connectivity index (χ3n) is 4.19. The molecule has 136 valence electrons. The Bertz CT molecular complexity index is 496. The quantitative estimate of drug-likeness (QED) is 0.384. The van der Waals surface area contributed by atoms with Crippen LogP contribution in [-0.2, 0) is 0 Å². The van der Waals surface area contributed by atoms with Crippen LogP contribution in [-0.4, -0.2) is 50.7 Å². The molecule has 5 nitrogen and oxygen atoms in total. The Labute approximate surface area is 163 Å². The van der Waals surface area contributed by atoms with E-state index >= 15 is 0 Å². The summed E-state index contributed by atoms with van der Waals surface area (Å²) in [5.41, 5.74) is 1.23. The number of aliphatic imine (C=N–C) groups is 1. The molecule has 1 aliphatic heterocycles. The molecule has 0 bridgehead atoms. The van der Waals surface area contributed by atoms with Crippen molar-refractivity contribution in [3.05, 3.63) is 29.8 Å². The molecular formula is C18H31IN4O. The Balaban J connectivity index is 0.00000288. The second-order valence-corrected chi connectivity index (χ2v) is 5.75. The molecule has 2 N–H and O–H groups in total. The normalized spacial score (nSPS) is 15.3. The minimum atomic E-state index is 0. The standard InChI is InChI=1S/C18H30N4O.HI/c1-4-19-18(20-5-2)21-14-16(22-12-8-9-13-22)15-10-6-7-11-17(15)23-3;/h6-7,10-11,16H,4-5,8-9,12-14H2,1-3H3,(H2,19,20,21);1H. The number of methoxy groups -OCH3 is 1. The summed E-state index contributed by atoms with van der Waals surface area (Å²) < 4.78 is 5.58. The fourth-order valence-electron chi connectivity index (χ4n) is 3.09. The third-order valence-corrected chi connectivity index (χ3v) is 4.19. The van der Waals surface area contributed by atoms with Gasteiger partial charge in [0.25, 0.3) is 0 Å². The SMILES string of the molecule is CCNC(=NCC(c1ccccc1OC)N1CCCC1)NCC.I. The van der Waals surface area contributed by atoms with Gasteiger partial charge in [0, 0.05) is 18.7 Å². The largest absolute Gasteiger partial charge is 0.496 e. The first-order valence-corrected chi connectivity index (χ1v) is 8.69. The molecule has 6 heteroatoms. The van der Waals surface area contributed by atoms with E-state index in [2.05, 4.69) is 41.5 Å². The van der Waals surface area contributed by atoms with E-state index in [-0.39, 0.29) is 30.0 Å². The Kier molecular flexibility index (Phi) is 10.1. The summed E-state index contributed by atoms with van der Waals surface area (Å²) in [5.74, 6) is 1.84. The van der Waals surface area contributed by atoms with Gasteiger partial charge in [-0.2, -0.15) is 0 Å². The van der Waals surface area contributed by atoms with E-state index in [1.807, 2.05) is 12.1 Å². The summed E-state index contributed by atoms with van der Waals surface area (Å²) in [6.45, 7) is 8.92. The van der Waals surface area contributed by atoms with Gasteiger partial charge in [-0.1, -0.05) is 18.2 Å². The molecule has 1 heterocycles. The first kappa shape index (κ1) is 21.0. The van der Waals surface area contributed by atoms with E-state index in [1.54, 1.807) is 7.11 Å². The third kappa shape index (κ3) is 5.81. The summed E-state index contributed by atoms with van der Waals surface area (Å²) in [6, 6.07) is 8.57. The molecule has 1 aromatic rings. The van der Waals surface area contributed by atoms with Crippen LogP contribution in [0.4, 0.5) is 0 Å². The van der Waals surface area contributed by atoms with Crippen molar-refractivity contribution in [1.29, 1.82) is 0 Å². The lowest BCUT2D eigenvalue weighted by molar-refractivity contribution is 0.245. The molecule has 1 atom stereocenters. The molecule has 1 aliphatic rings. The van der Waals surface area contributed by atoms with E-state index in [4.69, 9.17) is 9.73 Å². The van der Waals surface area contributed by atoms with Gasteiger partial charge in [-0.15, -0.1) is 24.0 Å². The Morgan fingerprint density at radius 1 is 1.17 bits per heavy atom. The lowest BCUT2D eigenvalue weighted by Crippen LogP contribution is -2.38. The van der Waals surface area contributed by atoms with E-state index < -0.39 is 0 Å². The van der Waals surface area contributed by atoms with Gasteiger partial charge in [-0.05, 0) is 45.8 Å². The van der Waals surface area contributed by atoms with E-state index in [0.717, 1.165) is 44.4 Å². The summed E-state index contributed by atoms with van der Waals surface area (Å²) >= 11 is 0. The highest BCUT2D eigenvalue weighted by Gasteiger charge is 2.25. The average molecular weight is 446 g/mol. The lowest BCUT2D eigenvalue weighted by Gasteiger charge is -2.28. The highest BCUT2D eigenvalue weighted by Crippen LogP contribution is 2.31. The highest BCUT2D eigenvalue weighted by atomic mass is 127. The number of hydrogen-bond acceptors (Lipinski definition) is 3. The minimum absolute atomic E-state index is 0. The predicted molar refractivity (Wildman–Crippen MR) is 112 cm³/mol. The van der Waals surface area contributed by atoms with Crippen LogP contribution in [0.5, 0.6) is 5.75 Å². The maximum absolute atomic E-state index is 5.58. The molecule has 1 aromatic carbocycles. The van der Waals surface area contributed by atoms with Gasteiger partial charge in [0.1, 0.15) is 5.75 Å². The molecule has 0 saturated carbocycles. The molecule has 1 unspecified atom stereocenters. The summed E-state index contributed by atoms with van der Waals surface area (Å²) in [4.78, 5) is 7.32. The highest BCUT2D eigenvalue weighted by molar-refractivity contribution is 14.0. The number of ether oxygens (including phenoxy) is 1. The minimum Gasteiger partial charge on any atom is -0.496 e. The van der Waals surface area contributed by atoms with E-state index in [1.165, 1.54) is 18.4 Å². The molecule has 0 aromatic heterocycles. The monoisotopic (exact) mass is 446 g/mol. The van der Waals surface area contributed by atoms with Crippen molar-refractivity contribution in [1.82, 2.24) is 15.5 Å². The average Bonchev–Trinajstić information content (AvgIpc) is 3.10. The molecule has 0 spiro atoms. The molecular weight excluding hydrogens is 415 g/mol. The summed E-state index contributed by atoms with van der Waals surface area (Å²) in [7, 11) is 1.74. The smallest absolute Gasteiger partial charge is 0.191 e. The number of benzene rings is 1. The van der Waals surface area contributed by atoms with Gasteiger partial charge in [0.2, 0.25) is 0 Å². The first-order valence-electron chi connectivity index (χ1n) is 8.69. The molecule has 0 radical (unpaired) electrons. The first-order chi connectivity index (χ1) is 11.3. The molecule has 24 heavy (non-hydrogen) atoms. The molecule has 0 amide bonds. The van der Waals surface area contributed by atoms with Gasteiger partial charge >= 0.3 is 0 Å². The fourth-order valence-corrected chi connectivity index (χ4v) is 3.09. The topological polar surface area (TPSA) is 48.9 Å². The van der Waals surface area contributed by atoms with Crippen LogP contribution in [0.15, 0.2) is 29.3 Å². The zero-order valence-corrected chi connectivity index (χ0v) is 17.4. The Hall–Kier alpha value is -1.02. The number of halogens is 1. The number of rotatable bonds is 7. The lowest BCUT2D eigenvalue weighted by atomic mass is 10.0. The molecule has 1 saturated heterocycles. The zero-order valence-electron chi connectivity index (χ0n) is 15.0. The van der Waals surface area contributed by atoms with Gasteiger partial charge in [0.15, 0.2) is 5.96 Å². The van der Waals surface area contributed by atoms with Crippen LogP contribution >= 0.6 is 24.0 Å². The molecule has 2 rings (SSSR count). The zero-order chi connectivity index (χ0) is 16.5. The summed E-state index contributed by atoms with van der Waals surface area (Å²) in [5, 5.41) is 6.60. The van der Waals surface area contributed by atoms with Crippen molar-refractivity contribution in [2.45, 2.75) is 32.7 Å². The van der Waals surface area contributed by atoms with Crippen molar-refractivity contribution >= 4 is 29.9 Å². The maximum Gasteiger partial charge on any atom is 0.191 e. The second-order valence-electron chi connectivity index (χ2n) is 5.75. The predicted octanol–water partition coefficient (Wildman–Crippen LogP) is 3.03. The number of hydrogen-bond donors (Lipinski definition) is 2. The van der Waals surface area contributed by atoms with Gasteiger partial charge in [-0.25, -0.2) is 0 Å². The number of guanidine groups is 1. The Morgan fingerprint density at radius 2 is 1.79 bits per heavy atom. The van der Waals surface area contributed by atoms with Crippen molar-refractivity contribution in [3.63, 3.8) is 0 Å². The second kappa shape index (κ2) is 11.5. The van der Waals surface area contributed by atoms with Crippen molar-refractivity contribution < 1.29 is 4.74 Å². The fraction of sp³-hybridized carbons (Fsp3) is 0.611. The number of likely N-dealkylation sites (tertiary alicyclic amines) is 1. The molecule has 0 aliphatic carbocycles. The summed E-state index contributed by atoms with van der Waals surface area (Å²) in [6.07, 6.45) is 2.53. The van der Waals surface area contributed by atoms with Crippen molar-refractivity contribution in [2.75, 3.05) is 39.8 Å². The number of para-hydroxylation sites is 1. The van der Waals surface area contributed by atoms with Crippen LogP contribution in [0.1, 0.15) is 38.3 Å². The maximum atomic E-state index is 5.58. The van der Waals surface area contributed by atoms with Crippen LogP contribution in [0.25, 0.3) is 0 Å². The van der Waals surface area contributed by atoms with Crippen molar-refractivity contribution in [2.24, 2.45) is 4.99 Å². The van der Waals surface area contributed by atoms with Crippen LogP contribution in [0.2, 0.25) is 0 Å². The van der Waals surface area contributed by atoms with Crippen LogP contribution in [0, 0.1) is 0 Å². The van der Waals surface area contributed by atoms with E-state index in [0.29, 0.717) is 0 Å².